The fourth-order valence-electron chi connectivity index (χ4n) is 1.20. The maximum absolute atomic E-state index is 12.2. The molecule has 5 nitrogen and oxygen atoms in total. The fraction of sp³-hybridized carbons (Fsp3) is 0.333. The molecule has 1 rings (SSSR count). The first-order valence-electron chi connectivity index (χ1n) is 4.83. The van der Waals surface area contributed by atoms with Crippen LogP contribution in [-0.2, 0) is 10.0 Å². The lowest BCUT2D eigenvalue weighted by atomic mass is 10.3. The van der Waals surface area contributed by atoms with Crippen molar-refractivity contribution in [2.24, 2.45) is 5.73 Å². The van der Waals surface area contributed by atoms with Gasteiger partial charge in [-0.1, -0.05) is 12.2 Å². The van der Waals surface area contributed by atoms with Crippen molar-refractivity contribution in [3.05, 3.63) is 24.0 Å². The van der Waals surface area contributed by atoms with Gasteiger partial charge < -0.3 is 5.73 Å². The van der Waals surface area contributed by atoms with Crippen molar-refractivity contribution in [3.8, 4) is 0 Å². The molecule has 0 spiro atoms. The first-order valence-corrected chi connectivity index (χ1v) is 6.68. The zero-order chi connectivity index (χ0) is 14.8. The van der Waals surface area contributed by atoms with E-state index >= 15 is 0 Å². The SMILES string of the molecule is CN(CC(F)(F)F)S(=O)(=O)c1ccc(C(N)=S)nc1. The summed E-state index contributed by atoms with van der Waals surface area (Å²) in [6.07, 6.45) is -3.70. The molecule has 0 aromatic carbocycles. The van der Waals surface area contributed by atoms with Crippen molar-refractivity contribution in [2.75, 3.05) is 13.6 Å². The van der Waals surface area contributed by atoms with Gasteiger partial charge in [-0.05, 0) is 12.1 Å². The van der Waals surface area contributed by atoms with Gasteiger partial charge in [0.2, 0.25) is 10.0 Å². The molecule has 0 radical (unpaired) electrons. The van der Waals surface area contributed by atoms with Crippen LogP contribution in [0.2, 0.25) is 0 Å². The van der Waals surface area contributed by atoms with Gasteiger partial charge in [0, 0.05) is 13.2 Å². The molecule has 0 atom stereocenters. The molecule has 0 aliphatic carbocycles. The van der Waals surface area contributed by atoms with Gasteiger partial charge in [0.25, 0.3) is 0 Å². The van der Waals surface area contributed by atoms with Gasteiger partial charge in [0.15, 0.2) is 0 Å². The Morgan fingerprint density at radius 3 is 2.42 bits per heavy atom. The van der Waals surface area contributed by atoms with Crippen LogP contribution in [0.3, 0.4) is 0 Å². The van der Waals surface area contributed by atoms with E-state index in [-0.39, 0.29) is 19.9 Å². The van der Waals surface area contributed by atoms with E-state index in [1.807, 2.05) is 0 Å². The van der Waals surface area contributed by atoms with E-state index in [2.05, 4.69) is 17.2 Å². The Morgan fingerprint density at radius 1 is 1.47 bits per heavy atom. The Kier molecular flexibility index (Phi) is 4.48. The van der Waals surface area contributed by atoms with E-state index in [0.29, 0.717) is 0 Å². The minimum Gasteiger partial charge on any atom is -0.388 e. The second-order valence-electron chi connectivity index (χ2n) is 3.62. The highest BCUT2D eigenvalue weighted by atomic mass is 32.2. The van der Waals surface area contributed by atoms with Gasteiger partial charge in [-0.15, -0.1) is 0 Å². The first-order chi connectivity index (χ1) is 8.54. The number of thiocarbonyl (C=S) groups is 1. The van der Waals surface area contributed by atoms with E-state index in [9.17, 15) is 21.6 Å². The summed E-state index contributed by atoms with van der Waals surface area (Å²) in [5.74, 6) is 0. The highest BCUT2D eigenvalue weighted by Crippen LogP contribution is 2.20. The summed E-state index contributed by atoms with van der Waals surface area (Å²) >= 11 is 4.63. The Bertz CT molecular complexity index is 569. The molecule has 10 heteroatoms. The smallest absolute Gasteiger partial charge is 0.388 e. The lowest BCUT2D eigenvalue weighted by Gasteiger charge is -2.18. The van der Waals surface area contributed by atoms with Crippen molar-refractivity contribution in [1.29, 1.82) is 0 Å². The number of hydrogen-bond acceptors (Lipinski definition) is 4. The van der Waals surface area contributed by atoms with Crippen molar-refractivity contribution in [3.63, 3.8) is 0 Å². The minimum atomic E-state index is -4.62. The average molecular weight is 313 g/mol. The van der Waals surface area contributed by atoms with Gasteiger partial charge in [0.05, 0.1) is 5.69 Å². The number of pyridine rings is 1. The van der Waals surface area contributed by atoms with Crippen LogP contribution in [0.25, 0.3) is 0 Å². The third-order valence-electron chi connectivity index (χ3n) is 2.10. The fourth-order valence-corrected chi connectivity index (χ4v) is 2.42. The Morgan fingerprint density at radius 2 is 2.05 bits per heavy atom. The molecule has 0 fully saturated rings. The second-order valence-corrected chi connectivity index (χ2v) is 6.10. The largest absolute Gasteiger partial charge is 0.402 e. The van der Waals surface area contributed by atoms with Crippen molar-refractivity contribution in [1.82, 2.24) is 9.29 Å². The third-order valence-corrected chi connectivity index (χ3v) is 4.10. The zero-order valence-corrected chi connectivity index (χ0v) is 11.3. The number of alkyl halides is 3. The summed E-state index contributed by atoms with van der Waals surface area (Å²) in [5, 5.41) is 0. The number of aromatic nitrogens is 1. The van der Waals surface area contributed by atoms with Crippen LogP contribution in [-0.4, -0.2) is 42.5 Å². The van der Waals surface area contributed by atoms with Gasteiger partial charge >= 0.3 is 6.18 Å². The van der Waals surface area contributed by atoms with E-state index in [1.54, 1.807) is 0 Å². The van der Waals surface area contributed by atoms with Crippen molar-refractivity contribution < 1.29 is 21.6 Å². The molecule has 0 amide bonds. The Hall–Kier alpha value is -1.26. The number of sulfonamides is 1. The predicted molar refractivity (Wildman–Crippen MR) is 66.0 cm³/mol. The van der Waals surface area contributed by atoms with Crippen LogP contribution in [0.5, 0.6) is 0 Å². The summed E-state index contributed by atoms with van der Waals surface area (Å²) in [4.78, 5) is 3.27. The number of nitrogens with two attached hydrogens (primary N) is 1. The van der Waals surface area contributed by atoms with Gasteiger partial charge in [-0.3, -0.25) is 4.98 Å². The number of halogens is 3. The highest BCUT2D eigenvalue weighted by Gasteiger charge is 2.34. The number of hydrogen-bond donors (Lipinski definition) is 1. The molecular formula is C9H10F3N3O2S2. The van der Waals surface area contributed by atoms with E-state index in [4.69, 9.17) is 5.73 Å². The minimum absolute atomic E-state index is 0.0346. The zero-order valence-electron chi connectivity index (χ0n) is 9.68. The molecule has 0 saturated carbocycles. The van der Waals surface area contributed by atoms with E-state index < -0.39 is 22.7 Å². The molecule has 0 saturated heterocycles. The van der Waals surface area contributed by atoms with Crippen LogP contribution in [0, 0.1) is 0 Å². The second kappa shape index (κ2) is 5.39. The molecule has 1 heterocycles. The summed E-state index contributed by atoms with van der Waals surface area (Å²) < 4.78 is 60.3. The van der Waals surface area contributed by atoms with Crippen LogP contribution >= 0.6 is 12.2 Å². The summed E-state index contributed by atoms with van der Waals surface area (Å²) in [5.41, 5.74) is 5.46. The Balaban J connectivity index is 3.03. The summed E-state index contributed by atoms with van der Waals surface area (Å²) in [6.45, 7) is -1.58. The quantitative estimate of drug-likeness (QED) is 0.836. The molecule has 19 heavy (non-hydrogen) atoms. The third kappa shape index (κ3) is 4.11. The average Bonchev–Trinajstić information content (AvgIpc) is 2.26. The first kappa shape index (κ1) is 15.8. The predicted octanol–water partition coefficient (Wildman–Crippen LogP) is 0.899. The van der Waals surface area contributed by atoms with E-state index in [1.165, 1.54) is 6.07 Å². The highest BCUT2D eigenvalue weighted by molar-refractivity contribution is 7.89. The van der Waals surface area contributed by atoms with Crippen LogP contribution < -0.4 is 5.73 Å². The summed E-state index contributed by atoms with van der Waals surface area (Å²) in [6, 6.07) is 2.33. The van der Waals surface area contributed by atoms with Gasteiger partial charge in [-0.2, -0.15) is 17.5 Å². The number of nitrogens with zero attached hydrogens (tertiary/aromatic N) is 2. The summed E-state index contributed by atoms with van der Waals surface area (Å²) in [7, 11) is -3.41. The standard InChI is InChI=1S/C9H10F3N3O2S2/c1-15(5-9(10,11)12)19(16,17)6-2-3-7(8(13)18)14-4-6/h2-4H,5H2,1H3,(H2,13,18). The molecule has 106 valence electrons. The molecule has 0 bridgehead atoms. The Labute approximate surface area is 113 Å². The normalized spacial score (nSPS) is 12.7. The molecule has 0 unspecified atom stereocenters. The molecule has 1 aromatic rings. The monoisotopic (exact) mass is 313 g/mol. The van der Waals surface area contributed by atoms with Crippen LogP contribution in [0.1, 0.15) is 5.69 Å². The van der Waals surface area contributed by atoms with Gasteiger partial charge in [0.1, 0.15) is 16.4 Å². The lowest BCUT2D eigenvalue weighted by molar-refractivity contribution is -0.134. The maximum Gasteiger partial charge on any atom is 0.402 e. The van der Waals surface area contributed by atoms with Gasteiger partial charge in [-0.25, -0.2) is 8.42 Å². The number of rotatable bonds is 4. The molecule has 1 aromatic heterocycles. The van der Waals surface area contributed by atoms with Crippen molar-refractivity contribution in [2.45, 2.75) is 11.1 Å². The van der Waals surface area contributed by atoms with Crippen LogP contribution in [0.4, 0.5) is 13.2 Å². The molecular weight excluding hydrogens is 303 g/mol. The van der Waals surface area contributed by atoms with E-state index in [0.717, 1.165) is 19.3 Å². The maximum atomic E-state index is 12.2. The molecule has 0 aliphatic rings. The molecule has 2 N–H and O–H groups in total. The van der Waals surface area contributed by atoms with Crippen molar-refractivity contribution >= 4 is 27.2 Å². The topological polar surface area (TPSA) is 76.3 Å². The molecule has 0 aliphatic heterocycles. The van der Waals surface area contributed by atoms with Crippen LogP contribution in [0.15, 0.2) is 23.2 Å². The lowest BCUT2D eigenvalue weighted by Crippen LogP contribution is -2.35.